The molecule has 0 saturated carbocycles. The van der Waals surface area contributed by atoms with Crippen LogP contribution in [-0.2, 0) is 15.9 Å². The van der Waals surface area contributed by atoms with E-state index in [1.807, 2.05) is 24.0 Å². The summed E-state index contributed by atoms with van der Waals surface area (Å²) >= 11 is 0. The van der Waals surface area contributed by atoms with E-state index in [-0.39, 0.29) is 12.3 Å². The molecule has 0 bridgehead atoms. The summed E-state index contributed by atoms with van der Waals surface area (Å²) in [7, 11) is 5.19. The van der Waals surface area contributed by atoms with Gasteiger partial charge < -0.3 is 14.8 Å². The summed E-state index contributed by atoms with van der Waals surface area (Å²) in [5, 5.41) is 7.71. The van der Waals surface area contributed by atoms with Gasteiger partial charge in [0.15, 0.2) is 6.29 Å². The normalized spacial score (nSPS) is 13.6. The van der Waals surface area contributed by atoms with Crippen LogP contribution in [0.3, 0.4) is 0 Å². The van der Waals surface area contributed by atoms with E-state index in [2.05, 4.69) is 24.3 Å². The van der Waals surface area contributed by atoms with Gasteiger partial charge in [-0.1, -0.05) is 0 Å². The number of hydrogen-bond donors (Lipinski definition) is 1. The van der Waals surface area contributed by atoms with Crippen molar-refractivity contribution < 1.29 is 9.47 Å². The standard InChI is InChI=1S/C12H23N3O2/c1-9(2)15-7-6-10(14-15)8-11(13-3)12(16-4)17-5/h6-7,9,11-13H,8H2,1-5H3. The smallest absolute Gasteiger partial charge is 0.172 e. The fourth-order valence-corrected chi connectivity index (χ4v) is 1.76. The number of aromatic nitrogens is 2. The lowest BCUT2D eigenvalue weighted by Crippen LogP contribution is -2.41. The van der Waals surface area contributed by atoms with Gasteiger partial charge in [0.25, 0.3) is 0 Å². The Morgan fingerprint density at radius 3 is 2.41 bits per heavy atom. The van der Waals surface area contributed by atoms with E-state index in [9.17, 15) is 0 Å². The molecule has 1 unspecified atom stereocenters. The van der Waals surface area contributed by atoms with Crippen LogP contribution in [-0.4, -0.2) is 43.4 Å². The second-order valence-electron chi connectivity index (χ2n) is 4.32. The van der Waals surface area contributed by atoms with Gasteiger partial charge in [-0.25, -0.2) is 0 Å². The Hall–Kier alpha value is -0.910. The first kappa shape index (κ1) is 14.2. The predicted octanol–water partition coefficient (Wildman–Crippen LogP) is 1.21. The summed E-state index contributed by atoms with van der Waals surface area (Å²) in [5.41, 5.74) is 1.04. The molecular weight excluding hydrogens is 218 g/mol. The Morgan fingerprint density at radius 1 is 1.35 bits per heavy atom. The van der Waals surface area contributed by atoms with Gasteiger partial charge in [0, 0.05) is 32.9 Å². The summed E-state index contributed by atoms with van der Waals surface area (Å²) < 4.78 is 12.5. The molecule has 0 aliphatic heterocycles. The van der Waals surface area contributed by atoms with Crippen LogP contribution in [0.1, 0.15) is 25.6 Å². The van der Waals surface area contributed by atoms with E-state index >= 15 is 0 Å². The molecule has 17 heavy (non-hydrogen) atoms. The Labute approximate surface area is 103 Å². The van der Waals surface area contributed by atoms with Crippen molar-refractivity contribution in [3.8, 4) is 0 Å². The number of methoxy groups -OCH3 is 2. The van der Waals surface area contributed by atoms with Gasteiger partial charge in [-0.05, 0) is 27.0 Å². The summed E-state index contributed by atoms with van der Waals surface area (Å²) in [6, 6.07) is 2.52. The fraction of sp³-hybridized carbons (Fsp3) is 0.750. The molecule has 0 spiro atoms. The molecule has 1 rings (SSSR count). The number of likely N-dealkylation sites (N-methyl/N-ethyl adjacent to an activating group) is 1. The molecule has 98 valence electrons. The molecule has 1 aromatic rings. The number of nitrogens with one attached hydrogen (secondary N) is 1. The number of ether oxygens (including phenoxy) is 2. The maximum Gasteiger partial charge on any atom is 0.172 e. The van der Waals surface area contributed by atoms with E-state index in [4.69, 9.17) is 9.47 Å². The van der Waals surface area contributed by atoms with Gasteiger partial charge in [0.2, 0.25) is 0 Å². The number of rotatable bonds is 7. The summed E-state index contributed by atoms with van der Waals surface area (Å²) in [4.78, 5) is 0. The van der Waals surface area contributed by atoms with Crippen molar-refractivity contribution in [1.29, 1.82) is 0 Å². The average Bonchev–Trinajstić information content (AvgIpc) is 2.78. The minimum Gasteiger partial charge on any atom is -0.354 e. The van der Waals surface area contributed by atoms with Crippen LogP contribution in [0.5, 0.6) is 0 Å². The summed E-state index contributed by atoms with van der Waals surface area (Å²) in [6.07, 6.45) is 2.52. The van der Waals surface area contributed by atoms with Gasteiger partial charge in [0.1, 0.15) is 0 Å². The lowest BCUT2D eigenvalue weighted by molar-refractivity contribution is -0.121. The highest BCUT2D eigenvalue weighted by Gasteiger charge is 2.20. The first-order chi connectivity index (χ1) is 8.12. The monoisotopic (exact) mass is 241 g/mol. The maximum absolute atomic E-state index is 5.26. The lowest BCUT2D eigenvalue weighted by atomic mass is 10.1. The summed E-state index contributed by atoms with van der Waals surface area (Å²) in [5.74, 6) is 0. The third-order valence-electron chi connectivity index (χ3n) is 2.79. The van der Waals surface area contributed by atoms with Crippen LogP contribution < -0.4 is 5.32 Å². The van der Waals surface area contributed by atoms with E-state index < -0.39 is 0 Å². The SMILES string of the molecule is CNC(Cc1ccn(C(C)C)n1)C(OC)OC. The van der Waals surface area contributed by atoms with E-state index in [1.54, 1.807) is 14.2 Å². The van der Waals surface area contributed by atoms with Crippen molar-refractivity contribution >= 4 is 0 Å². The summed E-state index contributed by atoms with van der Waals surface area (Å²) in [6.45, 7) is 4.22. The van der Waals surface area contributed by atoms with Crippen LogP contribution >= 0.6 is 0 Å². The minimum absolute atomic E-state index is 0.0977. The molecule has 1 aromatic heterocycles. The molecule has 1 N–H and O–H groups in total. The third kappa shape index (κ3) is 3.80. The van der Waals surface area contributed by atoms with Crippen molar-refractivity contribution in [3.05, 3.63) is 18.0 Å². The van der Waals surface area contributed by atoms with E-state index in [0.717, 1.165) is 12.1 Å². The Bertz CT molecular complexity index is 321. The molecule has 1 atom stereocenters. The Kier molecular flexibility index (Phi) is 5.61. The molecule has 5 heteroatoms. The average molecular weight is 241 g/mol. The van der Waals surface area contributed by atoms with Crippen molar-refractivity contribution in [2.45, 2.75) is 38.6 Å². The van der Waals surface area contributed by atoms with Crippen LogP contribution in [0.2, 0.25) is 0 Å². The molecular formula is C12H23N3O2. The first-order valence-corrected chi connectivity index (χ1v) is 5.89. The van der Waals surface area contributed by atoms with Gasteiger partial charge in [-0.3, -0.25) is 4.68 Å². The molecule has 0 radical (unpaired) electrons. The van der Waals surface area contributed by atoms with Crippen molar-refractivity contribution in [1.82, 2.24) is 15.1 Å². The molecule has 0 saturated heterocycles. The van der Waals surface area contributed by atoms with Crippen LogP contribution in [0, 0.1) is 0 Å². The van der Waals surface area contributed by atoms with Gasteiger partial charge >= 0.3 is 0 Å². The Morgan fingerprint density at radius 2 is 2.00 bits per heavy atom. The largest absolute Gasteiger partial charge is 0.354 e. The van der Waals surface area contributed by atoms with Gasteiger partial charge in [0.05, 0.1) is 11.7 Å². The molecule has 0 aromatic carbocycles. The molecule has 0 fully saturated rings. The van der Waals surface area contributed by atoms with Crippen molar-refractivity contribution in [3.63, 3.8) is 0 Å². The van der Waals surface area contributed by atoms with Crippen molar-refractivity contribution in [2.24, 2.45) is 0 Å². The van der Waals surface area contributed by atoms with E-state index in [1.165, 1.54) is 0 Å². The quantitative estimate of drug-likeness (QED) is 0.729. The fourth-order valence-electron chi connectivity index (χ4n) is 1.76. The molecule has 0 amide bonds. The van der Waals surface area contributed by atoms with Crippen molar-refractivity contribution in [2.75, 3.05) is 21.3 Å². The highest BCUT2D eigenvalue weighted by Crippen LogP contribution is 2.09. The second kappa shape index (κ2) is 6.74. The number of nitrogens with zero attached hydrogens (tertiary/aromatic N) is 2. The topological polar surface area (TPSA) is 48.3 Å². The van der Waals surface area contributed by atoms with Crippen LogP contribution in [0.15, 0.2) is 12.3 Å². The second-order valence-corrected chi connectivity index (χ2v) is 4.32. The molecule has 0 aliphatic rings. The third-order valence-corrected chi connectivity index (χ3v) is 2.79. The zero-order chi connectivity index (χ0) is 12.8. The lowest BCUT2D eigenvalue weighted by Gasteiger charge is -2.23. The number of hydrogen-bond acceptors (Lipinski definition) is 4. The predicted molar refractivity (Wildman–Crippen MR) is 67.0 cm³/mol. The van der Waals surface area contributed by atoms with Crippen LogP contribution in [0.25, 0.3) is 0 Å². The highest BCUT2D eigenvalue weighted by atomic mass is 16.7. The zero-order valence-corrected chi connectivity index (χ0v) is 11.3. The van der Waals surface area contributed by atoms with Gasteiger partial charge in [-0.15, -0.1) is 0 Å². The first-order valence-electron chi connectivity index (χ1n) is 5.89. The molecule has 1 heterocycles. The van der Waals surface area contributed by atoms with Crippen LogP contribution in [0.4, 0.5) is 0 Å². The molecule has 5 nitrogen and oxygen atoms in total. The highest BCUT2D eigenvalue weighted by molar-refractivity contribution is 5.02. The minimum atomic E-state index is -0.260. The van der Waals surface area contributed by atoms with Gasteiger partial charge in [-0.2, -0.15) is 5.10 Å². The zero-order valence-electron chi connectivity index (χ0n) is 11.3. The molecule has 0 aliphatic carbocycles. The maximum atomic E-state index is 5.26. The Balaban J connectivity index is 2.66. The van der Waals surface area contributed by atoms with E-state index in [0.29, 0.717) is 6.04 Å².